The SMILES string of the molecule is COCCN1C[C@H]2CN(Cc3ccc(C)c(C)c3)C(=O)N2[C@@H](CC(C)C)C1=O. The number of fused-ring (bicyclic) bond motifs is 1. The zero-order chi connectivity index (χ0) is 20.4. The minimum atomic E-state index is -0.368. The van der Waals surface area contributed by atoms with E-state index >= 15 is 0 Å². The maximum absolute atomic E-state index is 13.2. The largest absolute Gasteiger partial charge is 0.383 e. The molecular weight excluding hydrogens is 354 g/mol. The molecule has 2 aliphatic heterocycles. The molecule has 154 valence electrons. The van der Waals surface area contributed by atoms with Crippen LogP contribution in [0.2, 0.25) is 0 Å². The molecule has 0 aromatic heterocycles. The molecule has 2 saturated heterocycles. The van der Waals surface area contributed by atoms with Crippen LogP contribution in [0.5, 0.6) is 0 Å². The molecule has 2 aliphatic rings. The maximum Gasteiger partial charge on any atom is 0.321 e. The highest BCUT2D eigenvalue weighted by Gasteiger charge is 2.49. The molecule has 6 heteroatoms. The third-order valence-electron chi connectivity index (χ3n) is 5.88. The molecule has 3 rings (SSSR count). The number of carbonyl (C=O) groups excluding carboxylic acids is 2. The van der Waals surface area contributed by atoms with Gasteiger partial charge in [-0.15, -0.1) is 0 Å². The molecule has 0 saturated carbocycles. The van der Waals surface area contributed by atoms with E-state index in [0.29, 0.717) is 45.1 Å². The normalized spacial score (nSPS) is 22.4. The fourth-order valence-corrected chi connectivity index (χ4v) is 4.27. The van der Waals surface area contributed by atoms with Gasteiger partial charge < -0.3 is 19.4 Å². The van der Waals surface area contributed by atoms with Gasteiger partial charge in [0.15, 0.2) is 0 Å². The number of aryl methyl sites for hydroxylation is 2. The summed E-state index contributed by atoms with van der Waals surface area (Å²) in [6.45, 7) is 11.3. The smallest absolute Gasteiger partial charge is 0.321 e. The summed E-state index contributed by atoms with van der Waals surface area (Å²) < 4.78 is 5.18. The van der Waals surface area contributed by atoms with Crippen LogP contribution in [0.1, 0.15) is 37.0 Å². The van der Waals surface area contributed by atoms with Crippen molar-refractivity contribution in [1.29, 1.82) is 0 Å². The van der Waals surface area contributed by atoms with E-state index in [1.54, 1.807) is 7.11 Å². The molecule has 0 spiro atoms. The van der Waals surface area contributed by atoms with Crippen molar-refractivity contribution in [3.8, 4) is 0 Å². The van der Waals surface area contributed by atoms with Crippen LogP contribution in [0, 0.1) is 19.8 Å². The number of carbonyl (C=O) groups is 2. The fourth-order valence-electron chi connectivity index (χ4n) is 4.27. The Morgan fingerprint density at radius 2 is 1.82 bits per heavy atom. The van der Waals surface area contributed by atoms with Crippen LogP contribution in [-0.2, 0) is 16.1 Å². The Balaban J connectivity index is 1.79. The molecule has 0 aliphatic carbocycles. The van der Waals surface area contributed by atoms with Gasteiger partial charge in [0.2, 0.25) is 5.91 Å². The van der Waals surface area contributed by atoms with E-state index in [1.807, 2.05) is 14.7 Å². The van der Waals surface area contributed by atoms with Gasteiger partial charge in [-0.25, -0.2) is 4.79 Å². The van der Waals surface area contributed by atoms with Gasteiger partial charge in [-0.05, 0) is 42.9 Å². The van der Waals surface area contributed by atoms with E-state index in [9.17, 15) is 9.59 Å². The standard InChI is InChI=1S/C22H33N3O3/c1-15(2)10-20-21(26)23(8-9-28-5)13-19-14-24(22(27)25(19)20)12-18-7-6-16(3)17(4)11-18/h6-7,11,15,19-20H,8-10,12-14H2,1-5H3/t19-,20-/m0/s1. The Morgan fingerprint density at radius 3 is 2.46 bits per heavy atom. The highest BCUT2D eigenvalue weighted by Crippen LogP contribution is 2.30. The molecule has 2 atom stereocenters. The predicted molar refractivity (Wildman–Crippen MR) is 109 cm³/mol. The van der Waals surface area contributed by atoms with E-state index in [2.05, 4.69) is 45.9 Å². The zero-order valence-electron chi connectivity index (χ0n) is 17.8. The number of amides is 3. The lowest BCUT2D eigenvalue weighted by Gasteiger charge is -2.42. The van der Waals surface area contributed by atoms with Crippen molar-refractivity contribution in [2.45, 2.75) is 52.7 Å². The van der Waals surface area contributed by atoms with E-state index in [0.717, 1.165) is 5.56 Å². The molecule has 1 aromatic rings. The van der Waals surface area contributed by atoms with Crippen LogP contribution in [0.25, 0.3) is 0 Å². The summed E-state index contributed by atoms with van der Waals surface area (Å²) in [5.74, 6) is 0.405. The first kappa shape index (κ1) is 20.6. The third-order valence-corrected chi connectivity index (χ3v) is 5.88. The number of methoxy groups -OCH3 is 1. The Morgan fingerprint density at radius 1 is 1.11 bits per heavy atom. The molecule has 6 nitrogen and oxygen atoms in total. The molecule has 3 amide bonds. The van der Waals surface area contributed by atoms with E-state index in [-0.39, 0.29) is 24.0 Å². The summed E-state index contributed by atoms with van der Waals surface area (Å²) >= 11 is 0. The average molecular weight is 388 g/mol. The number of hydrogen-bond donors (Lipinski definition) is 0. The quantitative estimate of drug-likeness (QED) is 0.723. The number of piperazine rings is 1. The summed E-state index contributed by atoms with van der Waals surface area (Å²) in [5.41, 5.74) is 3.63. The number of benzene rings is 1. The summed E-state index contributed by atoms with van der Waals surface area (Å²) in [5, 5.41) is 0. The monoisotopic (exact) mass is 387 g/mol. The van der Waals surface area contributed by atoms with Crippen molar-refractivity contribution in [3.05, 3.63) is 34.9 Å². The van der Waals surface area contributed by atoms with Crippen molar-refractivity contribution in [1.82, 2.24) is 14.7 Å². The summed E-state index contributed by atoms with van der Waals surface area (Å²) in [7, 11) is 1.65. The Bertz CT molecular complexity index is 734. The van der Waals surface area contributed by atoms with Gasteiger partial charge in [-0.1, -0.05) is 32.0 Å². The van der Waals surface area contributed by atoms with Gasteiger partial charge in [-0.3, -0.25) is 4.79 Å². The second-order valence-corrected chi connectivity index (χ2v) is 8.57. The van der Waals surface area contributed by atoms with E-state index in [1.165, 1.54) is 11.1 Å². The van der Waals surface area contributed by atoms with Crippen molar-refractivity contribution >= 4 is 11.9 Å². The van der Waals surface area contributed by atoms with Crippen LogP contribution in [-0.4, -0.2) is 72.1 Å². The molecule has 0 N–H and O–H groups in total. The van der Waals surface area contributed by atoms with Crippen LogP contribution >= 0.6 is 0 Å². The predicted octanol–water partition coefficient (Wildman–Crippen LogP) is 2.81. The van der Waals surface area contributed by atoms with Crippen LogP contribution < -0.4 is 0 Å². The Kier molecular flexibility index (Phi) is 6.28. The fraction of sp³-hybridized carbons (Fsp3) is 0.636. The minimum Gasteiger partial charge on any atom is -0.383 e. The summed E-state index contributed by atoms with van der Waals surface area (Å²) in [4.78, 5) is 31.9. The molecule has 2 heterocycles. The lowest BCUT2D eigenvalue weighted by Crippen LogP contribution is -2.61. The first-order valence-electron chi connectivity index (χ1n) is 10.2. The van der Waals surface area contributed by atoms with E-state index in [4.69, 9.17) is 4.74 Å². The van der Waals surface area contributed by atoms with Gasteiger partial charge in [-0.2, -0.15) is 0 Å². The van der Waals surface area contributed by atoms with Crippen molar-refractivity contribution in [3.63, 3.8) is 0 Å². The second kappa shape index (κ2) is 8.52. The van der Waals surface area contributed by atoms with Gasteiger partial charge in [0.05, 0.1) is 12.6 Å². The number of ether oxygens (including phenoxy) is 1. The first-order valence-corrected chi connectivity index (χ1v) is 10.2. The second-order valence-electron chi connectivity index (χ2n) is 8.57. The van der Waals surface area contributed by atoms with Crippen molar-refractivity contribution < 1.29 is 14.3 Å². The molecular formula is C22H33N3O3. The molecule has 0 unspecified atom stereocenters. The molecule has 0 bridgehead atoms. The van der Waals surface area contributed by atoms with Crippen molar-refractivity contribution in [2.24, 2.45) is 5.92 Å². The first-order chi connectivity index (χ1) is 13.3. The lowest BCUT2D eigenvalue weighted by molar-refractivity contribution is -0.143. The molecule has 2 fully saturated rings. The number of rotatable bonds is 7. The summed E-state index contributed by atoms with van der Waals surface area (Å²) in [6, 6.07) is 6.03. The van der Waals surface area contributed by atoms with Crippen molar-refractivity contribution in [2.75, 3.05) is 33.4 Å². The highest BCUT2D eigenvalue weighted by atomic mass is 16.5. The van der Waals surface area contributed by atoms with Gasteiger partial charge in [0, 0.05) is 33.3 Å². The van der Waals surface area contributed by atoms with Crippen LogP contribution in [0.4, 0.5) is 4.79 Å². The third kappa shape index (κ3) is 4.17. The van der Waals surface area contributed by atoms with Gasteiger partial charge >= 0.3 is 6.03 Å². The molecule has 0 radical (unpaired) electrons. The zero-order valence-corrected chi connectivity index (χ0v) is 17.8. The number of urea groups is 1. The van der Waals surface area contributed by atoms with Gasteiger partial charge in [0.1, 0.15) is 6.04 Å². The van der Waals surface area contributed by atoms with Crippen LogP contribution in [0.15, 0.2) is 18.2 Å². The highest BCUT2D eigenvalue weighted by molar-refractivity contribution is 5.90. The molecule has 1 aromatic carbocycles. The lowest BCUT2D eigenvalue weighted by atomic mass is 9.97. The minimum absolute atomic E-state index is 0.00591. The topological polar surface area (TPSA) is 53.1 Å². The van der Waals surface area contributed by atoms with E-state index < -0.39 is 0 Å². The Labute approximate surface area is 168 Å². The average Bonchev–Trinajstić information content (AvgIpc) is 2.94. The van der Waals surface area contributed by atoms with Gasteiger partial charge in [0.25, 0.3) is 0 Å². The summed E-state index contributed by atoms with van der Waals surface area (Å²) in [6.07, 6.45) is 0.696. The maximum atomic E-state index is 13.2. The number of nitrogens with zero attached hydrogens (tertiary/aromatic N) is 3. The number of hydrogen-bond acceptors (Lipinski definition) is 3. The Hall–Kier alpha value is -2.08. The molecule has 28 heavy (non-hydrogen) atoms. The van der Waals surface area contributed by atoms with Crippen LogP contribution in [0.3, 0.4) is 0 Å².